The first-order chi connectivity index (χ1) is 19.3. The fourth-order valence-corrected chi connectivity index (χ4v) is 5.38. The van der Waals surface area contributed by atoms with Crippen molar-refractivity contribution in [2.24, 2.45) is 0 Å². The summed E-state index contributed by atoms with van der Waals surface area (Å²) in [7, 11) is 0. The monoisotopic (exact) mass is 551 g/mol. The van der Waals surface area contributed by atoms with Crippen LogP contribution in [0.5, 0.6) is 0 Å². The predicted octanol–water partition coefficient (Wildman–Crippen LogP) is 2.80. The molecule has 2 aromatic carbocycles. The highest BCUT2D eigenvalue weighted by atomic mass is 19.1. The Bertz CT molecular complexity index is 1330. The van der Waals surface area contributed by atoms with Crippen LogP contribution in [0.4, 0.5) is 14.6 Å². The average Bonchev–Trinajstić information content (AvgIpc) is 3.59. The zero-order chi connectivity index (χ0) is 28.2. The Morgan fingerprint density at radius 2 is 1.85 bits per heavy atom. The largest absolute Gasteiger partial charge is 0.351 e. The lowest BCUT2D eigenvalue weighted by Crippen LogP contribution is -2.48. The van der Waals surface area contributed by atoms with Gasteiger partial charge in [-0.1, -0.05) is 61.5 Å². The van der Waals surface area contributed by atoms with Crippen LogP contribution in [-0.4, -0.2) is 76.6 Å². The van der Waals surface area contributed by atoms with E-state index in [4.69, 9.17) is 0 Å². The van der Waals surface area contributed by atoms with Gasteiger partial charge in [0.1, 0.15) is 24.6 Å². The first-order valence-corrected chi connectivity index (χ1v) is 13.7. The van der Waals surface area contributed by atoms with Gasteiger partial charge in [0.15, 0.2) is 5.82 Å². The third-order valence-electron chi connectivity index (χ3n) is 7.54. The van der Waals surface area contributed by atoms with Gasteiger partial charge in [-0.3, -0.25) is 9.59 Å². The van der Waals surface area contributed by atoms with Crippen LogP contribution >= 0.6 is 0 Å². The molecule has 2 amide bonds. The summed E-state index contributed by atoms with van der Waals surface area (Å²) in [6, 6.07) is 12.5. The second-order valence-corrected chi connectivity index (χ2v) is 10.7. The molecule has 0 unspecified atom stereocenters. The van der Waals surface area contributed by atoms with Gasteiger partial charge in [0.2, 0.25) is 11.8 Å². The first kappa shape index (κ1) is 27.7. The number of rotatable bonds is 8. The Kier molecular flexibility index (Phi) is 8.39. The number of aromatic nitrogens is 3. The standard InChI is InChI=1S/C29H35F2N7O2/c1-19(2)23-9-8-21(14-24(23)31)28(20-6-4-3-5-7-20)33-29(40)25-15-22(30)16-38(25)27(39)18-37-17-26(34-35-37)36-12-10-32-11-13-36/h3-9,14,17,19,22,25,28,32H,10-13,15-16,18H2,1-2H3,(H,33,40)/t22-,25+,28+/m1/s1. The molecule has 2 fully saturated rings. The quantitative estimate of drug-likeness (QED) is 0.447. The minimum Gasteiger partial charge on any atom is -0.351 e. The SMILES string of the molecule is CC(C)c1ccc([C@@H](NC(=O)[C@@H]2C[C@@H](F)CN2C(=O)Cn2cc(N3CCNCC3)nn2)c2ccccc2)cc1F. The molecule has 212 valence electrons. The molecule has 2 N–H and O–H groups in total. The van der Waals surface area contributed by atoms with E-state index in [-0.39, 0.29) is 31.2 Å². The van der Waals surface area contributed by atoms with Gasteiger partial charge in [-0.15, -0.1) is 5.10 Å². The average molecular weight is 552 g/mol. The van der Waals surface area contributed by atoms with Crippen molar-refractivity contribution in [2.45, 2.75) is 51.0 Å². The minimum atomic E-state index is -1.33. The number of nitrogens with one attached hydrogen (secondary N) is 2. The Hall–Kier alpha value is -3.86. The highest BCUT2D eigenvalue weighted by Gasteiger charge is 2.40. The van der Waals surface area contributed by atoms with Crippen LogP contribution in [0.15, 0.2) is 54.7 Å². The summed E-state index contributed by atoms with van der Waals surface area (Å²) in [6.07, 6.45) is 0.260. The van der Waals surface area contributed by atoms with Crippen LogP contribution in [0.2, 0.25) is 0 Å². The molecule has 0 aliphatic carbocycles. The van der Waals surface area contributed by atoms with Crippen molar-refractivity contribution < 1.29 is 18.4 Å². The summed E-state index contributed by atoms with van der Waals surface area (Å²) in [5.41, 5.74) is 1.91. The number of carbonyl (C=O) groups excluding carboxylic acids is 2. The smallest absolute Gasteiger partial charge is 0.245 e. The summed E-state index contributed by atoms with van der Waals surface area (Å²) in [5, 5.41) is 14.5. The van der Waals surface area contributed by atoms with Gasteiger partial charge in [0, 0.05) is 32.6 Å². The predicted molar refractivity (Wildman–Crippen MR) is 147 cm³/mol. The van der Waals surface area contributed by atoms with Crippen molar-refractivity contribution in [3.05, 3.63) is 77.2 Å². The maximum Gasteiger partial charge on any atom is 0.245 e. The number of anilines is 1. The molecule has 9 nitrogen and oxygen atoms in total. The van der Waals surface area contributed by atoms with Crippen LogP contribution in [0.1, 0.15) is 48.9 Å². The third kappa shape index (κ3) is 6.14. The van der Waals surface area contributed by atoms with Gasteiger partial charge in [0.05, 0.1) is 18.8 Å². The molecule has 2 aliphatic rings. The Balaban J connectivity index is 1.32. The van der Waals surface area contributed by atoms with Gasteiger partial charge in [-0.25, -0.2) is 13.5 Å². The van der Waals surface area contributed by atoms with E-state index in [1.165, 1.54) is 15.6 Å². The molecule has 2 aliphatic heterocycles. The van der Waals surface area contributed by atoms with E-state index in [0.717, 1.165) is 31.7 Å². The Morgan fingerprint density at radius 1 is 1.10 bits per heavy atom. The molecule has 11 heteroatoms. The summed E-state index contributed by atoms with van der Waals surface area (Å²) in [4.78, 5) is 30.2. The van der Waals surface area contributed by atoms with Crippen LogP contribution in [0, 0.1) is 5.82 Å². The van der Waals surface area contributed by atoms with Crippen molar-refractivity contribution in [1.82, 2.24) is 30.5 Å². The van der Waals surface area contributed by atoms with Gasteiger partial charge < -0.3 is 20.4 Å². The second-order valence-electron chi connectivity index (χ2n) is 10.7. The van der Waals surface area contributed by atoms with Crippen LogP contribution in [-0.2, 0) is 16.1 Å². The molecule has 5 rings (SSSR count). The van der Waals surface area contributed by atoms with Crippen molar-refractivity contribution in [3.63, 3.8) is 0 Å². The lowest BCUT2D eigenvalue weighted by Gasteiger charge is -2.27. The molecule has 3 aromatic rings. The Labute approximate surface area is 232 Å². The van der Waals surface area contributed by atoms with Gasteiger partial charge in [-0.2, -0.15) is 0 Å². The third-order valence-corrected chi connectivity index (χ3v) is 7.54. The number of hydrogen-bond donors (Lipinski definition) is 2. The van der Waals surface area contributed by atoms with Crippen molar-refractivity contribution in [3.8, 4) is 0 Å². The highest BCUT2D eigenvalue weighted by molar-refractivity contribution is 5.89. The summed E-state index contributed by atoms with van der Waals surface area (Å²) in [5.74, 6) is -0.570. The normalized spacial score (nSPS) is 20.1. The number of benzene rings is 2. The maximum absolute atomic E-state index is 14.9. The van der Waals surface area contributed by atoms with Crippen molar-refractivity contribution in [1.29, 1.82) is 0 Å². The molecule has 0 bridgehead atoms. The number of halogens is 2. The Morgan fingerprint density at radius 3 is 2.55 bits per heavy atom. The molecule has 0 radical (unpaired) electrons. The van der Waals surface area contributed by atoms with E-state index in [1.807, 2.05) is 44.2 Å². The molecule has 3 atom stereocenters. The lowest BCUT2D eigenvalue weighted by atomic mass is 9.94. The zero-order valence-corrected chi connectivity index (χ0v) is 22.8. The van der Waals surface area contributed by atoms with E-state index >= 15 is 0 Å². The number of alkyl halides is 1. The lowest BCUT2D eigenvalue weighted by molar-refractivity contribution is -0.139. The minimum absolute atomic E-state index is 0.0105. The summed E-state index contributed by atoms with van der Waals surface area (Å²) >= 11 is 0. The van der Waals surface area contributed by atoms with E-state index in [1.54, 1.807) is 18.3 Å². The molecule has 0 spiro atoms. The van der Waals surface area contributed by atoms with Crippen LogP contribution in [0.3, 0.4) is 0 Å². The van der Waals surface area contributed by atoms with Crippen LogP contribution < -0.4 is 15.5 Å². The number of piperazine rings is 1. The van der Waals surface area contributed by atoms with Crippen LogP contribution in [0.25, 0.3) is 0 Å². The van der Waals surface area contributed by atoms with Crippen molar-refractivity contribution >= 4 is 17.6 Å². The fraction of sp³-hybridized carbons (Fsp3) is 0.448. The van der Waals surface area contributed by atoms with E-state index in [2.05, 4.69) is 25.8 Å². The molecule has 1 aromatic heterocycles. The van der Waals surface area contributed by atoms with Gasteiger partial charge >= 0.3 is 0 Å². The first-order valence-electron chi connectivity index (χ1n) is 13.7. The number of carbonyl (C=O) groups is 2. The summed E-state index contributed by atoms with van der Waals surface area (Å²) in [6.45, 7) is 6.76. The number of amides is 2. The molecule has 2 saturated heterocycles. The second kappa shape index (κ2) is 12.1. The fourth-order valence-electron chi connectivity index (χ4n) is 5.38. The molecule has 3 heterocycles. The molecular weight excluding hydrogens is 516 g/mol. The van der Waals surface area contributed by atoms with E-state index in [9.17, 15) is 18.4 Å². The zero-order valence-electron chi connectivity index (χ0n) is 22.8. The topological polar surface area (TPSA) is 95.4 Å². The number of hydrogen-bond acceptors (Lipinski definition) is 6. The summed E-state index contributed by atoms with van der Waals surface area (Å²) < 4.78 is 31.0. The molecular formula is C29H35F2N7O2. The number of nitrogens with zero attached hydrogens (tertiary/aromatic N) is 5. The molecule has 40 heavy (non-hydrogen) atoms. The number of likely N-dealkylation sites (tertiary alicyclic amines) is 1. The van der Waals surface area contributed by atoms with E-state index in [0.29, 0.717) is 16.9 Å². The van der Waals surface area contributed by atoms with Gasteiger partial charge in [-0.05, 0) is 28.7 Å². The molecule has 0 saturated carbocycles. The van der Waals surface area contributed by atoms with Crippen molar-refractivity contribution in [2.75, 3.05) is 37.6 Å². The highest BCUT2D eigenvalue weighted by Crippen LogP contribution is 2.28. The maximum atomic E-state index is 14.9. The van der Waals surface area contributed by atoms with Gasteiger partial charge in [0.25, 0.3) is 0 Å². The van der Waals surface area contributed by atoms with E-state index < -0.39 is 30.1 Å².